The molecule has 0 N–H and O–H groups in total. The molecule has 10 heteroatoms. The molecule has 0 bridgehead atoms. The number of aromatic nitrogens is 3. The molecule has 0 unspecified atom stereocenters. The fourth-order valence-corrected chi connectivity index (χ4v) is 4.09. The van der Waals surface area contributed by atoms with Crippen molar-refractivity contribution < 1.29 is 18.3 Å². The van der Waals surface area contributed by atoms with Crippen LogP contribution in [0.5, 0.6) is 5.88 Å². The van der Waals surface area contributed by atoms with E-state index in [-0.39, 0.29) is 29.4 Å². The van der Waals surface area contributed by atoms with E-state index in [0.717, 1.165) is 12.8 Å². The Kier molecular flexibility index (Phi) is 7.07. The molecule has 1 saturated carbocycles. The Hall–Kier alpha value is -3.84. The lowest BCUT2D eigenvalue weighted by atomic mass is 10.1. The van der Waals surface area contributed by atoms with Gasteiger partial charge < -0.3 is 14.0 Å². The third kappa shape index (κ3) is 5.15. The topological polar surface area (TPSA) is 93.3 Å². The second-order valence-corrected chi connectivity index (χ2v) is 8.40. The van der Waals surface area contributed by atoms with Gasteiger partial charge in [-0.25, -0.2) is 9.97 Å². The number of ether oxygens (including phenoxy) is 2. The Morgan fingerprint density at radius 1 is 1.23 bits per heavy atom. The molecule has 1 aromatic carbocycles. The maximum atomic E-state index is 13.8. The van der Waals surface area contributed by atoms with Crippen molar-refractivity contribution in [2.24, 2.45) is 5.92 Å². The number of hydrogen-bond donors (Lipinski definition) is 0. The van der Waals surface area contributed by atoms with Crippen LogP contribution in [0.25, 0.3) is 0 Å². The van der Waals surface area contributed by atoms with E-state index in [1.54, 1.807) is 56.2 Å². The number of alkyl halides is 2. The van der Waals surface area contributed by atoms with E-state index in [9.17, 15) is 18.8 Å². The van der Waals surface area contributed by atoms with Gasteiger partial charge in [0.2, 0.25) is 11.7 Å². The average Bonchev–Trinajstić information content (AvgIpc) is 3.67. The second kappa shape index (κ2) is 10.2. The zero-order valence-electron chi connectivity index (χ0n) is 19.6. The molecule has 4 rings (SSSR count). The summed E-state index contributed by atoms with van der Waals surface area (Å²) in [6.45, 7) is 0.533. The van der Waals surface area contributed by atoms with E-state index in [0.29, 0.717) is 29.2 Å². The third-order valence-electron chi connectivity index (χ3n) is 5.89. The van der Waals surface area contributed by atoms with Crippen LogP contribution in [0.3, 0.4) is 0 Å². The molecule has 1 aliphatic carbocycles. The number of hydrogen-bond acceptors (Lipinski definition) is 7. The molecule has 35 heavy (non-hydrogen) atoms. The molecule has 3 aromatic rings. The first-order valence-corrected chi connectivity index (χ1v) is 11.1. The lowest BCUT2D eigenvalue weighted by Crippen LogP contribution is -2.33. The van der Waals surface area contributed by atoms with Crippen LogP contribution in [-0.2, 0) is 4.74 Å². The molecule has 182 valence electrons. The number of methoxy groups -OCH3 is 1. The normalized spacial score (nSPS) is 14.0. The van der Waals surface area contributed by atoms with Gasteiger partial charge in [-0.3, -0.25) is 9.69 Å². The molecular formula is C25H25F2N5O3. The highest BCUT2D eigenvalue weighted by Gasteiger charge is 2.34. The molecule has 0 radical (unpaired) electrons. The number of pyridine rings is 1. The Bertz CT molecular complexity index is 1300. The minimum atomic E-state index is -3.02. The van der Waals surface area contributed by atoms with Crippen molar-refractivity contribution in [2.45, 2.75) is 39.3 Å². The number of rotatable bonds is 9. The number of nitrogens with zero attached hydrogens (tertiary/aromatic N) is 5. The fraction of sp³-hybridized carbons (Fsp3) is 0.360. The number of benzene rings is 1. The van der Waals surface area contributed by atoms with Crippen LogP contribution in [0.1, 0.15) is 35.8 Å². The summed E-state index contributed by atoms with van der Waals surface area (Å²) in [7, 11) is 1.57. The molecule has 0 aliphatic heterocycles. The monoisotopic (exact) mass is 481 g/mol. The molecule has 0 saturated heterocycles. The zero-order chi connectivity index (χ0) is 25.1. The van der Waals surface area contributed by atoms with Crippen LogP contribution in [0.2, 0.25) is 0 Å². The first-order valence-electron chi connectivity index (χ1n) is 11.1. The van der Waals surface area contributed by atoms with E-state index >= 15 is 0 Å². The van der Waals surface area contributed by atoms with Gasteiger partial charge in [-0.15, -0.1) is 0 Å². The van der Waals surface area contributed by atoms with Crippen LogP contribution < -0.4 is 15.2 Å². The van der Waals surface area contributed by atoms with Gasteiger partial charge in [0.1, 0.15) is 6.07 Å². The smallest absolute Gasteiger partial charge is 0.388 e. The predicted molar refractivity (Wildman–Crippen MR) is 125 cm³/mol. The van der Waals surface area contributed by atoms with Crippen molar-refractivity contribution in [3.63, 3.8) is 0 Å². The van der Waals surface area contributed by atoms with E-state index in [1.807, 2.05) is 12.1 Å². The summed E-state index contributed by atoms with van der Waals surface area (Å²) in [6, 6.07) is 12.4. The lowest BCUT2D eigenvalue weighted by molar-refractivity contribution is -0.0533. The van der Waals surface area contributed by atoms with Crippen molar-refractivity contribution in [1.82, 2.24) is 14.5 Å². The first-order chi connectivity index (χ1) is 16.8. The molecule has 2 heterocycles. The molecule has 0 spiro atoms. The summed E-state index contributed by atoms with van der Waals surface area (Å²) in [5, 5.41) is 9.71. The van der Waals surface area contributed by atoms with Gasteiger partial charge >= 0.3 is 6.61 Å². The Labute approximate surface area is 201 Å². The fourth-order valence-electron chi connectivity index (χ4n) is 4.09. The van der Waals surface area contributed by atoms with Gasteiger partial charge in [-0.1, -0.05) is 18.2 Å². The van der Waals surface area contributed by atoms with Gasteiger partial charge in [-0.2, -0.15) is 14.0 Å². The van der Waals surface area contributed by atoms with Gasteiger partial charge in [0, 0.05) is 24.6 Å². The quantitative estimate of drug-likeness (QED) is 0.434. The highest BCUT2D eigenvalue weighted by atomic mass is 19.3. The van der Waals surface area contributed by atoms with Crippen LogP contribution in [0.15, 0.2) is 47.4 Å². The highest BCUT2D eigenvalue weighted by Crippen LogP contribution is 2.40. The van der Waals surface area contributed by atoms with Crippen molar-refractivity contribution in [3.05, 3.63) is 69.9 Å². The second-order valence-electron chi connectivity index (χ2n) is 8.40. The minimum Gasteiger partial charge on any atom is -0.417 e. The highest BCUT2D eigenvalue weighted by molar-refractivity contribution is 5.76. The molecule has 1 atom stereocenters. The van der Waals surface area contributed by atoms with E-state index in [4.69, 9.17) is 4.74 Å². The SMILES string of the molecule is COC[C@H](C1CC1)n1cc(C#N)nc(N(c2ccccc2)c2cc(C)c(OC(F)F)nc2C)c1=O. The Morgan fingerprint density at radius 2 is 1.94 bits per heavy atom. The summed E-state index contributed by atoms with van der Waals surface area (Å²) in [5.41, 5.74) is 1.44. The van der Waals surface area contributed by atoms with Crippen molar-refractivity contribution >= 4 is 17.2 Å². The number of halogens is 2. The van der Waals surface area contributed by atoms with E-state index < -0.39 is 12.2 Å². The molecule has 2 aromatic heterocycles. The molecular weight excluding hydrogens is 456 g/mol. The predicted octanol–water partition coefficient (Wildman–Crippen LogP) is 4.80. The number of para-hydroxylation sites is 1. The maximum absolute atomic E-state index is 13.8. The van der Waals surface area contributed by atoms with E-state index in [1.165, 1.54) is 10.8 Å². The average molecular weight is 482 g/mol. The summed E-state index contributed by atoms with van der Waals surface area (Å²) >= 11 is 0. The molecule has 0 amide bonds. The van der Waals surface area contributed by atoms with Crippen molar-refractivity contribution in [2.75, 3.05) is 18.6 Å². The van der Waals surface area contributed by atoms with E-state index in [2.05, 4.69) is 14.7 Å². The first kappa shape index (κ1) is 24.3. The zero-order valence-corrected chi connectivity index (χ0v) is 19.6. The van der Waals surface area contributed by atoms with Crippen LogP contribution in [0.4, 0.5) is 26.0 Å². The number of aryl methyl sites for hydroxylation is 2. The van der Waals surface area contributed by atoms with Crippen molar-refractivity contribution in [3.8, 4) is 11.9 Å². The lowest BCUT2D eigenvalue weighted by Gasteiger charge is -2.27. The number of anilines is 3. The molecule has 8 nitrogen and oxygen atoms in total. The summed E-state index contributed by atoms with van der Waals surface area (Å²) in [4.78, 5) is 24.0. The third-order valence-corrected chi connectivity index (χ3v) is 5.89. The largest absolute Gasteiger partial charge is 0.417 e. The van der Waals surface area contributed by atoms with Crippen LogP contribution in [-0.4, -0.2) is 34.9 Å². The summed E-state index contributed by atoms with van der Waals surface area (Å²) in [5.74, 6) is 0.0826. The van der Waals surface area contributed by atoms with Crippen molar-refractivity contribution in [1.29, 1.82) is 5.26 Å². The van der Waals surface area contributed by atoms with Crippen LogP contribution >= 0.6 is 0 Å². The van der Waals surface area contributed by atoms with Gasteiger partial charge in [-0.05, 0) is 50.8 Å². The molecule has 1 aliphatic rings. The maximum Gasteiger partial charge on any atom is 0.388 e. The number of nitriles is 1. The van der Waals surface area contributed by atoms with Gasteiger partial charge in [0.05, 0.1) is 24.0 Å². The molecule has 1 fully saturated rings. The minimum absolute atomic E-state index is 0.00355. The van der Waals surface area contributed by atoms with Gasteiger partial charge in [0.15, 0.2) is 5.69 Å². The Morgan fingerprint density at radius 3 is 2.54 bits per heavy atom. The summed E-state index contributed by atoms with van der Waals surface area (Å²) < 4.78 is 37.1. The Balaban J connectivity index is 1.94. The van der Waals surface area contributed by atoms with Gasteiger partial charge in [0.25, 0.3) is 5.56 Å². The van der Waals surface area contributed by atoms with Crippen LogP contribution in [0, 0.1) is 31.1 Å². The standard InChI is InChI=1S/C25H25F2N5O3/c1-15-11-20(16(2)29-23(15)35-25(26)27)32(19-7-5-4-6-8-19)22-24(33)31(13-18(12-28)30-22)21(14-34-3)17-9-10-17/h4-8,11,13,17,21,25H,9-10,14H2,1-3H3/t21-/m1/s1. The summed E-state index contributed by atoms with van der Waals surface area (Å²) in [6.07, 6.45) is 3.40.